The quantitative estimate of drug-likeness (QED) is 0.664. The lowest BCUT2D eigenvalue weighted by atomic mass is 10.1. The van der Waals surface area contributed by atoms with Gasteiger partial charge in [0.25, 0.3) is 0 Å². The molecule has 0 N–H and O–H groups in total. The molecule has 1 aromatic heterocycles. The van der Waals surface area contributed by atoms with Crippen LogP contribution in [0.5, 0.6) is 0 Å². The van der Waals surface area contributed by atoms with Crippen molar-refractivity contribution in [1.29, 1.82) is 0 Å². The van der Waals surface area contributed by atoms with Crippen molar-refractivity contribution in [2.45, 2.75) is 13.5 Å². The van der Waals surface area contributed by atoms with Crippen LogP contribution in [0.15, 0.2) is 42.7 Å². The molecule has 0 unspecified atom stereocenters. The summed E-state index contributed by atoms with van der Waals surface area (Å²) >= 11 is 0. The number of aromatic nitrogens is 3. The first-order valence-corrected chi connectivity index (χ1v) is 4.68. The highest BCUT2D eigenvalue weighted by molar-refractivity contribution is 5.60. The monoisotopic (exact) mass is 186 g/mol. The van der Waals surface area contributed by atoms with Crippen molar-refractivity contribution in [3.63, 3.8) is 0 Å². The number of hydrogen-bond donors (Lipinski definition) is 0. The molecule has 0 aliphatic heterocycles. The third-order valence-electron chi connectivity index (χ3n) is 2.05. The molecule has 0 amide bonds. The molecule has 0 saturated heterocycles. The summed E-state index contributed by atoms with van der Waals surface area (Å²) in [6.07, 6.45) is 3.68. The van der Waals surface area contributed by atoms with E-state index in [0.717, 1.165) is 17.7 Å². The lowest BCUT2D eigenvalue weighted by molar-refractivity contribution is -0.804. The van der Waals surface area contributed by atoms with Gasteiger partial charge < -0.3 is 0 Å². The highest BCUT2D eigenvalue weighted by atomic mass is 15.4. The summed E-state index contributed by atoms with van der Waals surface area (Å²) in [6, 6.07) is 10.1. The topological polar surface area (TPSA) is 29.7 Å². The van der Waals surface area contributed by atoms with Gasteiger partial charge >= 0.3 is 0 Å². The molecule has 0 aliphatic carbocycles. The van der Waals surface area contributed by atoms with E-state index in [-0.39, 0.29) is 0 Å². The normalized spacial score (nSPS) is 10.1. The van der Waals surface area contributed by atoms with Crippen LogP contribution in [0, 0.1) is 0 Å². The Bertz CT molecular complexity index is 395. The predicted octanol–water partition coefficient (Wildman–Crippen LogP) is 1.45. The van der Waals surface area contributed by atoms with E-state index in [1.807, 2.05) is 37.5 Å². The Hall–Kier alpha value is -1.77. The fourth-order valence-corrected chi connectivity index (χ4v) is 1.26. The third-order valence-corrected chi connectivity index (χ3v) is 2.05. The second kappa shape index (κ2) is 3.96. The Morgan fingerprint density at radius 2 is 1.64 bits per heavy atom. The maximum atomic E-state index is 4.18. The Morgan fingerprint density at radius 1 is 1.00 bits per heavy atom. The summed E-state index contributed by atoms with van der Waals surface area (Å²) in [5.74, 6) is 0. The Morgan fingerprint density at radius 3 is 2.21 bits per heavy atom. The van der Waals surface area contributed by atoms with Crippen LogP contribution in [-0.4, -0.2) is 10.2 Å². The van der Waals surface area contributed by atoms with E-state index < -0.39 is 0 Å². The van der Waals surface area contributed by atoms with Crippen molar-refractivity contribution < 1.29 is 4.80 Å². The minimum atomic E-state index is 0.801. The van der Waals surface area contributed by atoms with Crippen LogP contribution < -0.4 is 4.80 Å². The van der Waals surface area contributed by atoms with E-state index in [2.05, 4.69) is 22.3 Å². The van der Waals surface area contributed by atoms with Crippen LogP contribution in [0.25, 0.3) is 11.1 Å². The minimum absolute atomic E-state index is 0.801. The smallest absolute Gasteiger partial charge is 0.0622 e. The van der Waals surface area contributed by atoms with Gasteiger partial charge in [-0.3, -0.25) is 0 Å². The van der Waals surface area contributed by atoms with E-state index in [1.165, 1.54) is 0 Å². The van der Waals surface area contributed by atoms with Crippen molar-refractivity contribution in [3.8, 4) is 11.1 Å². The van der Waals surface area contributed by atoms with Crippen molar-refractivity contribution in [3.05, 3.63) is 42.7 Å². The van der Waals surface area contributed by atoms with E-state index >= 15 is 0 Å². The van der Waals surface area contributed by atoms with Crippen molar-refractivity contribution >= 4 is 0 Å². The first-order valence-electron chi connectivity index (χ1n) is 4.68. The SMILES string of the molecule is CC[n+]1ncc(-c2ccccc2)cn1. The lowest BCUT2D eigenvalue weighted by Crippen LogP contribution is -2.40. The summed E-state index contributed by atoms with van der Waals surface area (Å²) in [7, 11) is 0. The maximum Gasteiger partial charge on any atom is 0.200 e. The van der Waals surface area contributed by atoms with Gasteiger partial charge in [0.2, 0.25) is 0 Å². The van der Waals surface area contributed by atoms with Gasteiger partial charge in [0.15, 0.2) is 6.54 Å². The largest absolute Gasteiger partial charge is 0.200 e. The fourth-order valence-electron chi connectivity index (χ4n) is 1.26. The minimum Gasteiger partial charge on any atom is -0.0622 e. The first-order chi connectivity index (χ1) is 6.90. The molecule has 0 atom stereocenters. The predicted molar refractivity (Wildman–Crippen MR) is 53.3 cm³/mol. The molecule has 0 radical (unpaired) electrons. The van der Waals surface area contributed by atoms with Crippen LogP contribution in [0.4, 0.5) is 0 Å². The van der Waals surface area contributed by atoms with Crippen LogP contribution >= 0.6 is 0 Å². The van der Waals surface area contributed by atoms with Gasteiger partial charge in [-0.1, -0.05) is 30.3 Å². The van der Waals surface area contributed by atoms with Gasteiger partial charge in [-0.25, -0.2) is 0 Å². The molecule has 2 aromatic rings. The van der Waals surface area contributed by atoms with E-state index in [1.54, 1.807) is 4.80 Å². The molecule has 70 valence electrons. The summed E-state index contributed by atoms with van der Waals surface area (Å²) in [6.45, 7) is 2.82. The number of nitrogens with zero attached hydrogens (tertiary/aromatic N) is 3. The average Bonchev–Trinajstić information content (AvgIpc) is 2.30. The summed E-state index contributed by atoms with van der Waals surface area (Å²) in [4.78, 5) is 1.66. The maximum absolute atomic E-state index is 4.18. The number of benzene rings is 1. The van der Waals surface area contributed by atoms with Gasteiger partial charge in [0.1, 0.15) is 12.4 Å². The molecule has 1 aromatic carbocycles. The third kappa shape index (κ3) is 1.76. The number of hydrogen-bond acceptors (Lipinski definition) is 2. The van der Waals surface area contributed by atoms with Gasteiger partial charge in [-0.2, -0.15) is 0 Å². The van der Waals surface area contributed by atoms with Crippen LogP contribution in [-0.2, 0) is 6.54 Å². The van der Waals surface area contributed by atoms with Gasteiger partial charge in [-0.05, 0) is 5.56 Å². The highest BCUT2D eigenvalue weighted by Gasteiger charge is 2.02. The lowest BCUT2D eigenvalue weighted by Gasteiger charge is -1.96. The number of rotatable bonds is 2. The zero-order chi connectivity index (χ0) is 9.80. The molecular formula is C11H12N3+. The average molecular weight is 186 g/mol. The molecule has 3 heteroatoms. The molecule has 3 nitrogen and oxygen atoms in total. The molecule has 1 heterocycles. The van der Waals surface area contributed by atoms with Crippen molar-refractivity contribution in [1.82, 2.24) is 10.2 Å². The highest BCUT2D eigenvalue weighted by Crippen LogP contribution is 2.14. The molecule has 0 fully saturated rings. The molecule has 0 aliphatic rings. The van der Waals surface area contributed by atoms with E-state index in [0.29, 0.717) is 0 Å². The van der Waals surface area contributed by atoms with E-state index in [4.69, 9.17) is 0 Å². The Labute approximate surface area is 83.0 Å². The number of aryl methyl sites for hydroxylation is 1. The zero-order valence-electron chi connectivity index (χ0n) is 8.09. The second-order valence-electron chi connectivity index (χ2n) is 3.00. The van der Waals surface area contributed by atoms with Gasteiger partial charge in [-0.15, -0.1) is 0 Å². The van der Waals surface area contributed by atoms with Crippen LogP contribution in [0.1, 0.15) is 6.92 Å². The van der Waals surface area contributed by atoms with Crippen LogP contribution in [0.2, 0.25) is 0 Å². The molecule has 0 saturated carbocycles. The van der Waals surface area contributed by atoms with Gasteiger partial charge in [0.05, 0.1) is 0 Å². The molecule has 0 bridgehead atoms. The standard InChI is InChI=1S/C11H12N3/c1-2-14-12-8-11(9-13-14)10-6-4-3-5-7-10/h3-9H,2H2,1H3/q+1. The molecule has 2 rings (SSSR count). The Kier molecular flexibility index (Phi) is 2.49. The molecular weight excluding hydrogens is 174 g/mol. The van der Waals surface area contributed by atoms with E-state index in [9.17, 15) is 0 Å². The van der Waals surface area contributed by atoms with Gasteiger partial charge in [0, 0.05) is 27.5 Å². The van der Waals surface area contributed by atoms with Crippen molar-refractivity contribution in [2.75, 3.05) is 0 Å². The summed E-state index contributed by atoms with van der Waals surface area (Å²) < 4.78 is 0. The molecule has 14 heavy (non-hydrogen) atoms. The summed E-state index contributed by atoms with van der Waals surface area (Å²) in [5, 5.41) is 8.36. The fraction of sp³-hybridized carbons (Fsp3) is 0.182. The first kappa shape index (κ1) is 8.81. The van der Waals surface area contributed by atoms with Crippen molar-refractivity contribution in [2.24, 2.45) is 0 Å². The zero-order valence-corrected chi connectivity index (χ0v) is 8.09. The summed E-state index contributed by atoms with van der Waals surface area (Å²) in [5.41, 5.74) is 2.20. The molecule has 0 spiro atoms. The second-order valence-corrected chi connectivity index (χ2v) is 3.00. The van der Waals surface area contributed by atoms with Crippen LogP contribution in [0.3, 0.4) is 0 Å². The Balaban J connectivity index is 2.34.